The quantitative estimate of drug-likeness (QED) is 0.423. The van der Waals surface area contributed by atoms with Crippen LogP contribution in [0.1, 0.15) is 16.8 Å². The van der Waals surface area contributed by atoms with Crippen molar-refractivity contribution in [3.05, 3.63) is 23.8 Å². The summed E-state index contributed by atoms with van der Waals surface area (Å²) in [5.74, 6) is -1.07. The topological polar surface area (TPSA) is 122 Å². The molecule has 0 aliphatic carbocycles. The van der Waals surface area contributed by atoms with Gasteiger partial charge in [-0.2, -0.15) is 0 Å². The molecule has 0 amide bonds. The number of para-hydroxylation sites is 1. The van der Waals surface area contributed by atoms with Crippen LogP contribution in [0.3, 0.4) is 0 Å². The molecule has 0 heterocycles. The second kappa shape index (κ2) is 6.39. The fraction of sp³-hybridized carbons (Fsp3) is 0.364. The average molecular weight is 287 g/mol. The van der Waals surface area contributed by atoms with Gasteiger partial charge in [0.1, 0.15) is 0 Å². The molecule has 8 heteroatoms. The number of nitrogens with one attached hydrogen (secondary N) is 2. The number of nitrogens with two attached hydrogens (primary N) is 1. The Bertz CT molecular complexity index is 557. The third-order valence-corrected chi connectivity index (χ3v) is 3.08. The summed E-state index contributed by atoms with van der Waals surface area (Å²) in [4.78, 5) is 11.0. The summed E-state index contributed by atoms with van der Waals surface area (Å²) in [6.45, 7) is 0.692. The summed E-state index contributed by atoms with van der Waals surface area (Å²) in [7, 11) is -3.20. The van der Waals surface area contributed by atoms with Gasteiger partial charge in [0.2, 0.25) is 10.0 Å². The molecule has 19 heavy (non-hydrogen) atoms. The van der Waals surface area contributed by atoms with Gasteiger partial charge in [0.15, 0.2) is 0 Å². The molecule has 0 bridgehead atoms. The van der Waals surface area contributed by atoms with Crippen molar-refractivity contribution in [1.82, 2.24) is 4.72 Å². The molecule has 0 aromatic heterocycles. The number of aromatic carboxylic acids is 1. The highest BCUT2D eigenvalue weighted by Crippen LogP contribution is 2.23. The zero-order chi connectivity index (χ0) is 14.5. The number of rotatable bonds is 7. The number of carboxylic acids is 1. The average Bonchev–Trinajstić information content (AvgIpc) is 2.28. The molecule has 0 saturated heterocycles. The predicted octanol–water partition coefficient (Wildman–Crippen LogP) is 0.318. The van der Waals surface area contributed by atoms with E-state index < -0.39 is 16.0 Å². The molecule has 1 aromatic carbocycles. The number of hydrogen-bond acceptors (Lipinski definition) is 5. The minimum Gasteiger partial charge on any atom is -0.478 e. The number of carbonyl (C=O) groups is 1. The molecule has 0 spiro atoms. The lowest BCUT2D eigenvalue weighted by Gasteiger charge is -2.12. The van der Waals surface area contributed by atoms with Gasteiger partial charge in [-0.15, -0.1) is 0 Å². The van der Waals surface area contributed by atoms with Crippen LogP contribution in [0, 0.1) is 0 Å². The molecule has 1 aromatic rings. The standard InChI is InChI=1S/C11H17N3O4S/c1-19(17,18)14-7-3-6-13-10-8(11(15)16)4-2-5-9(10)12/h2,4-5,13-14H,3,6-7,12H2,1H3,(H,15,16). The van der Waals surface area contributed by atoms with Gasteiger partial charge in [-0.1, -0.05) is 6.07 Å². The maximum Gasteiger partial charge on any atom is 0.337 e. The van der Waals surface area contributed by atoms with E-state index in [1.165, 1.54) is 6.07 Å². The minimum atomic E-state index is -3.20. The van der Waals surface area contributed by atoms with Crippen LogP contribution in [0.2, 0.25) is 0 Å². The lowest BCUT2D eigenvalue weighted by Crippen LogP contribution is -2.24. The van der Waals surface area contributed by atoms with Gasteiger partial charge >= 0.3 is 5.97 Å². The van der Waals surface area contributed by atoms with E-state index >= 15 is 0 Å². The molecule has 0 unspecified atom stereocenters. The second-order valence-electron chi connectivity index (χ2n) is 4.02. The number of benzene rings is 1. The minimum absolute atomic E-state index is 0.0936. The molecule has 0 saturated carbocycles. The fourth-order valence-corrected chi connectivity index (χ4v) is 2.02. The Hall–Kier alpha value is -1.80. The summed E-state index contributed by atoms with van der Waals surface area (Å²) >= 11 is 0. The van der Waals surface area contributed by atoms with Gasteiger partial charge in [0.05, 0.1) is 23.2 Å². The van der Waals surface area contributed by atoms with Crippen molar-refractivity contribution in [1.29, 1.82) is 0 Å². The van der Waals surface area contributed by atoms with E-state index in [9.17, 15) is 13.2 Å². The Morgan fingerprint density at radius 2 is 2.05 bits per heavy atom. The fourth-order valence-electron chi connectivity index (χ4n) is 1.51. The van der Waals surface area contributed by atoms with E-state index in [2.05, 4.69) is 10.0 Å². The predicted molar refractivity (Wildman–Crippen MR) is 73.8 cm³/mol. The first-order valence-corrected chi connectivity index (χ1v) is 7.50. The van der Waals surface area contributed by atoms with E-state index in [1.807, 2.05) is 0 Å². The molecule has 106 valence electrons. The SMILES string of the molecule is CS(=O)(=O)NCCCNc1c(N)cccc1C(=O)O. The molecule has 0 aliphatic rings. The molecule has 7 nitrogen and oxygen atoms in total. The van der Waals surface area contributed by atoms with Gasteiger partial charge in [-0.3, -0.25) is 0 Å². The third kappa shape index (κ3) is 5.14. The van der Waals surface area contributed by atoms with Crippen LogP contribution in [0.15, 0.2) is 18.2 Å². The summed E-state index contributed by atoms with van der Waals surface area (Å²) in [5.41, 5.74) is 6.50. The first kappa shape index (κ1) is 15.3. The van der Waals surface area contributed by atoms with Crippen LogP contribution >= 0.6 is 0 Å². The molecule has 0 aliphatic heterocycles. The highest BCUT2D eigenvalue weighted by Gasteiger charge is 2.11. The van der Waals surface area contributed by atoms with E-state index in [4.69, 9.17) is 10.8 Å². The van der Waals surface area contributed by atoms with Crippen molar-refractivity contribution in [3.8, 4) is 0 Å². The molecule has 5 N–H and O–H groups in total. The Labute approximate surface area is 111 Å². The highest BCUT2D eigenvalue weighted by atomic mass is 32.2. The number of nitrogen functional groups attached to an aromatic ring is 1. The number of carboxylic acid groups (broad SMARTS) is 1. The highest BCUT2D eigenvalue weighted by molar-refractivity contribution is 7.88. The lowest BCUT2D eigenvalue weighted by molar-refractivity contribution is 0.0698. The van der Waals surface area contributed by atoms with E-state index in [0.29, 0.717) is 24.3 Å². The maximum absolute atomic E-state index is 11.0. The molecular weight excluding hydrogens is 270 g/mol. The lowest BCUT2D eigenvalue weighted by atomic mass is 10.1. The Kier molecular flexibility index (Phi) is 5.13. The van der Waals surface area contributed by atoms with Crippen molar-refractivity contribution < 1.29 is 18.3 Å². The summed E-state index contributed by atoms with van der Waals surface area (Å²) in [6, 6.07) is 4.62. The monoisotopic (exact) mass is 287 g/mol. The van der Waals surface area contributed by atoms with Gasteiger partial charge in [-0.05, 0) is 18.6 Å². The van der Waals surface area contributed by atoms with Crippen LogP contribution in [0.4, 0.5) is 11.4 Å². The third-order valence-electron chi connectivity index (χ3n) is 2.35. The first-order chi connectivity index (χ1) is 8.81. The van der Waals surface area contributed by atoms with Crippen molar-refractivity contribution in [2.24, 2.45) is 0 Å². The smallest absolute Gasteiger partial charge is 0.337 e. The Morgan fingerprint density at radius 1 is 1.37 bits per heavy atom. The van der Waals surface area contributed by atoms with Crippen LogP contribution in [-0.4, -0.2) is 38.8 Å². The van der Waals surface area contributed by atoms with Crippen LogP contribution in [-0.2, 0) is 10.0 Å². The number of hydrogen-bond donors (Lipinski definition) is 4. The van der Waals surface area contributed by atoms with Gasteiger partial charge in [-0.25, -0.2) is 17.9 Å². The Balaban J connectivity index is 2.56. The maximum atomic E-state index is 11.0. The first-order valence-electron chi connectivity index (χ1n) is 5.61. The summed E-state index contributed by atoms with van der Waals surface area (Å²) in [5, 5.41) is 11.9. The van der Waals surface area contributed by atoms with Crippen LogP contribution < -0.4 is 15.8 Å². The zero-order valence-electron chi connectivity index (χ0n) is 10.5. The summed E-state index contributed by atoms with van der Waals surface area (Å²) < 4.78 is 24.0. The number of sulfonamides is 1. The van der Waals surface area contributed by atoms with Crippen molar-refractivity contribution in [2.75, 3.05) is 30.4 Å². The molecule has 0 fully saturated rings. The molecule has 1 rings (SSSR count). The van der Waals surface area contributed by atoms with Crippen molar-refractivity contribution in [3.63, 3.8) is 0 Å². The van der Waals surface area contributed by atoms with E-state index in [1.54, 1.807) is 12.1 Å². The summed E-state index contributed by atoms with van der Waals surface area (Å²) in [6.07, 6.45) is 1.60. The van der Waals surface area contributed by atoms with Crippen molar-refractivity contribution >= 4 is 27.4 Å². The van der Waals surface area contributed by atoms with E-state index in [0.717, 1.165) is 6.26 Å². The molecule has 0 radical (unpaired) electrons. The number of anilines is 2. The van der Waals surface area contributed by atoms with E-state index in [-0.39, 0.29) is 12.1 Å². The van der Waals surface area contributed by atoms with Crippen LogP contribution in [0.5, 0.6) is 0 Å². The Morgan fingerprint density at radius 3 is 2.63 bits per heavy atom. The van der Waals surface area contributed by atoms with Gasteiger partial charge in [0, 0.05) is 13.1 Å². The largest absolute Gasteiger partial charge is 0.478 e. The molecular formula is C11H17N3O4S. The normalized spacial score (nSPS) is 11.2. The van der Waals surface area contributed by atoms with Crippen molar-refractivity contribution in [2.45, 2.75) is 6.42 Å². The zero-order valence-corrected chi connectivity index (χ0v) is 11.3. The van der Waals surface area contributed by atoms with Gasteiger partial charge < -0.3 is 16.2 Å². The van der Waals surface area contributed by atoms with Crippen LogP contribution in [0.25, 0.3) is 0 Å². The van der Waals surface area contributed by atoms with Gasteiger partial charge in [0.25, 0.3) is 0 Å². The second-order valence-corrected chi connectivity index (χ2v) is 5.85. The molecule has 0 atom stereocenters.